The third kappa shape index (κ3) is 4.25. The van der Waals surface area contributed by atoms with E-state index in [9.17, 15) is 4.79 Å². The Kier molecular flexibility index (Phi) is 5.76. The summed E-state index contributed by atoms with van der Waals surface area (Å²) in [6.45, 7) is 4.58. The minimum atomic E-state index is 0.112. The molecule has 1 fully saturated rings. The van der Waals surface area contributed by atoms with Gasteiger partial charge in [-0.15, -0.1) is 0 Å². The number of hydrogen-bond acceptors (Lipinski definition) is 4. The first-order valence-corrected chi connectivity index (χ1v) is 10.4. The number of rotatable bonds is 7. The van der Waals surface area contributed by atoms with E-state index in [1.807, 2.05) is 0 Å². The van der Waals surface area contributed by atoms with Gasteiger partial charge in [-0.05, 0) is 60.6 Å². The van der Waals surface area contributed by atoms with Crippen LogP contribution in [0.3, 0.4) is 0 Å². The van der Waals surface area contributed by atoms with E-state index in [-0.39, 0.29) is 17.9 Å². The minimum absolute atomic E-state index is 0.112. The highest BCUT2D eigenvalue weighted by Crippen LogP contribution is 2.39. The fourth-order valence-electron chi connectivity index (χ4n) is 4.20. The van der Waals surface area contributed by atoms with E-state index < -0.39 is 0 Å². The molecule has 0 bridgehead atoms. The minimum Gasteiger partial charge on any atom is -0.493 e. The highest BCUT2D eigenvalue weighted by Gasteiger charge is 2.33. The number of benzene rings is 2. The number of carbonyl (C=O) groups excluding carboxylic acids is 1. The van der Waals surface area contributed by atoms with Gasteiger partial charge in [0.25, 0.3) is 0 Å². The monoisotopic (exact) mass is 394 g/mol. The predicted octanol–water partition coefficient (Wildman–Crippen LogP) is 3.64. The van der Waals surface area contributed by atoms with Crippen molar-refractivity contribution in [2.45, 2.75) is 38.8 Å². The number of hydrogen-bond donors (Lipinski definition) is 1. The van der Waals surface area contributed by atoms with Gasteiger partial charge in [-0.1, -0.05) is 24.3 Å². The lowest BCUT2D eigenvalue weighted by atomic mass is 9.91. The third-order valence-corrected chi connectivity index (χ3v) is 6.17. The van der Waals surface area contributed by atoms with Crippen LogP contribution in [0.1, 0.15) is 41.1 Å². The largest absolute Gasteiger partial charge is 0.493 e. The maximum absolute atomic E-state index is 12.3. The lowest BCUT2D eigenvalue weighted by Crippen LogP contribution is -2.42. The Balaban J connectivity index is 1.64. The van der Waals surface area contributed by atoms with Crippen LogP contribution in [0.4, 0.5) is 0 Å². The topological polar surface area (TPSA) is 50.8 Å². The van der Waals surface area contributed by atoms with Gasteiger partial charge in [0.15, 0.2) is 11.5 Å². The van der Waals surface area contributed by atoms with Crippen molar-refractivity contribution >= 4 is 5.91 Å². The number of ether oxygens (including phenoxy) is 2. The molecule has 1 heterocycles. The van der Waals surface area contributed by atoms with Gasteiger partial charge in [-0.2, -0.15) is 0 Å². The second-order valence-corrected chi connectivity index (χ2v) is 8.09. The molecule has 2 aliphatic rings. The number of amides is 1. The average Bonchev–Trinajstić information content (AvgIpc) is 3.58. The first kappa shape index (κ1) is 19.8. The SMILES string of the molecule is COc1cc2c(cc1OC)[C@H](CNC(=O)C1CC1)N(Cc1ccccc1C)CC2. The second-order valence-electron chi connectivity index (χ2n) is 8.09. The lowest BCUT2D eigenvalue weighted by molar-refractivity contribution is -0.122. The summed E-state index contributed by atoms with van der Waals surface area (Å²) in [4.78, 5) is 14.8. The van der Waals surface area contributed by atoms with E-state index in [0.29, 0.717) is 6.54 Å². The summed E-state index contributed by atoms with van der Waals surface area (Å²) in [6.07, 6.45) is 2.99. The first-order chi connectivity index (χ1) is 14.1. The van der Waals surface area contributed by atoms with E-state index in [2.05, 4.69) is 53.5 Å². The highest BCUT2D eigenvalue weighted by atomic mass is 16.5. The summed E-state index contributed by atoms with van der Waals surface area (Å²) in [5.74, 6) is 1.91. The Morgan fingerprint density at radius 1 is 1.14 bits per heavy atom. The van der Waals surface area contributed by atoms with Crippen molar-refractivity contribution in [3.05, 3.63) is 58.7 Å². The standard InChI is InChI=1S/C24H30N2O3/c1-16-6-4-5-7-19(16)15-26-11-10-18-12-22(28-2)23(29-3)13-20(18)21(26)14-25-24(27)17-8-9-17/h4-7,12-13,17,21H,8-11,14-15H2,1-3H3,(H,25,27)/t21-/m0/s1. The molecule has 29 heavy (non-hydrogen) atoms. The Morgan fingerprint density at radius 3 is 2.55 bits per heavy atom. The summed E-state index contributed by atoms with van der Waals surface area (Å²) >= 11 is 0. The quantitative estimate of drug-likeness (QED) is 0.779. The fraction of sp³-hybridized carbons (Fsp3) is 0.458. The van der Waals surface area contributed by atoms with Gasteiger partial charge in [0.05, 0.1) is 20.3 Å². The molecule has 1 atom stereocenters. The molecule has 0 spiro atoms. The molecular weight excluding hydrogens is 364 g/mol. The number of carbonyl (C=O) groups is 1. The molecule has 5 heteroatoms. The van der Waals surface area contributed by atoms with Gasteiger partial charge >= 0.3 is 0 Å². The molecule has 2 aromatic rings. The van der Waals surface area contributed by atoms with E-state index in [4.69, 9.17) is 9.47 Å². The molecule has 1 aliphatic heterocycles. The van der Waals surface area contributed by atoms with Gasteiger partial charge in [0, 0.05) is 25.6 Å². The van der Waals surface area contributed by atoms with Crippen LogP contribution in [0, 0.1) is 12.8 Å². The maximum Gasteiger partial charge on any atom is 0.223 e. The van der Waals surface area contributed by atoms with Gasteiger partial charge in [-0.25, -0.2) is 0 Å². The van der Waals surface area contributed by atoms with E-state index in [1.165, 1.54) is 22.3 Å². The second kappa shape index (κ2) is 8.46. The lowest BCUT2D eigenvalue weighted by Gasteiger charge is -2.38. The molecule has 0 radical (unpaired) electrons. The summed E-state index contributed by atoms with van der Waals surface area (Å²) in [6, 6.07) is 12.8. The molecule has 1 N–H and O–H groups in total. The molecule has 154 valence electrons. The molecule has 4 rings (SSSR count). The number of methoxy groups -OCH3 is 2. The van der Waals surface area contributed by atoms with E-state index >= 15 is 0 Å². The fourth-order valence-corrected chi connectivity index (χ4v) is 4.20. The van der Waals surface area contributed by atoms with Crippen molar-refractivity contribution in [1.82, 2.24) is 10.2 Å². The molecule has 1 saturated carbocycles. The number of fused-ring (bicyclic) bond motifs is 1. The van der Waals surface area contributed by atoms with Crippen LogP contribution in [0.15, 0.2) is 36.4 Å². The zero-order chi connectivity index (χ0) is 20.4. The predicted molar refractivity (Wildman–Crippen MR) is 113 cm³/mol. The van der Waals surface area contributed by atoms with Crippen LogP contribution < -0.4 is 14.8 Å². The van der Waals surface area contributed by atoms with Crippen molar-refractivity contribution < 1.29 is 14.3 Å². The average molecular weight is 395 g/mol. The Hall–Kier alpha value is -2.53. The van der Waals surface area contributed by atoms with Gasteiger partial charge in [0.1, 0.15) is 0 Å². The first-order valence-electron chi connectivity index (χ1n) is 10.4. The smallest absolute Gasteiger partial charge is 0.223 e. The zero-order valence-electron chi connectivity index (χ0n) is 17.5. The molecule has 2 aromatic carbocycles. The molecule has 0 aromatic heterocycles. The highest BCUT2D eigenvalue weighted by molar-refractivity contribution is 5.80. The number of aryl methyl sites for hydroxylation is 1. The molecule has 1 aliphatic carbocycles. The molecule has 0 unspecified atom stereocenters. The number of nitrogens with one attached hydrogen (secondary N) is 1. The van der Waals surface area contributed by atoms with Gasteiger partial charge in [-0.3, -0.25) is 9.69 Å². The summed E-state index contributed by atoms with van der Waals surface area (Å²) in [5.41, 5.74) is 5.12. The van der Waals surface area contributed by atoms with Crippen molar-refractivity contribution in [2.24, 2.45) is 5.92 Å². The molecule has 1 amide bonds. The Morgan fingerprint density at radius 2 is 1.86 bits per heavy atom. The van der Waals surface area contributed by atoms with Crippen LogP contribution in [0.2, 0.25) is 0 Å². The summed E-state index contributed by atoms with van der Waals surface area (Å²) < 4.78 is 11.1. The third-order valence-electron chi connectivity index (χ3n) is 6.17. The molecular formula is C24H30N2O3. The number of nitrogens with zero attached hydrogens (tertiary/aromatic N) is 1. The van der Waals surface area contributed by atoms with Gasteiger partial charge < -0.3 is 14.8 Å². The van der Waals surface area contributed by atoms with Crippen molar-refractivity contribution in [3.8, 4) is 11.5 Å². The maximum atomic E-state index is 12.3. The molecule has 5 nitrogen and oxygen atoms in total. The van der Waals surface area contributed by atoms with Crippen LogP contribution in [-0.2, 0) is 17.8 Å². The van der Waals surface area contributed by atoms with Crippen LogP contribution in [0.25, 0.3) is 0 Å². The summed E-state index contributed by atoms with van der Waals surface area (Å²) in [5, 5.41) is 3.20. The van der Waals surface area contributed by atoms with E-state index in [1.54, 1.807) is 14.2 Å². The van der Waals surface area contributed by atoms with E-state index in [0.717, 1.165) is 43.9 Å². The van der Waals surface area contributed by atoms with Crippen LogP contribution in [0.5, 0.6) is 11.5 Å². The Labute approximate surface area is 173 Å². The van der Waals surface area contributed by atoms with Crippen molar-refractivity contribution in [2.75, 3.05) is 27.3 Å². The molecule has 0 saturated heterocycles. The Bertz CT molecular complexity index is 892. The van der Waals surface area contributed by atoms with Crippen molar-refractivity contribution in [3.63, 3.8) is 0 Å². The summed E-state index contributed by atoms with van der Waals surface area (Å²) in [7, 11) is 3.34. The zero-order valence-corrected chi connectivity index (χ0v) is 17.5. The van der Waals surface area contributed by atoms with Crippen molar-refractivity contribution in [1.29, 1.82) is 0 Å². The van der Waals surface area contributed by atoms with Crippen LogP contribution in [-0.4, -0.2) is 38.1 Å². The van der Waals surface area contributed by atoms with Crippen LogP contribution >= 0.6 is 0 Å². The normalized spacial score (nSPS) is 18.8. The van der Waals surface area contributed by atoms with Gasteiger partial charge in [0.2, 0.25) is 5.91 Å².